The Morgan fingerprint density at radius 1 is 1.05 bits per heavy atom. The molecule has 1 aliphatic rings. The van der Waals surface area contributed by atoms with Gasteiger partial charge in [-0.3, -0.25) is 4.90 Å². The third kappa shape index (κ3) is 8.25. The molecule has 0 unspecified atom stereocenters. The second-order valence-electron chi connectivity index (χ2n) is 9.80. The van der Waals surface area contributed by atoms with Crippen molar-refractivity contribution in [2.45, 2.75) is 24.7 Å². The van der Waals surface area contributed by atoms with E-state index in [-0.39, 0.29) is 0 Å². The van der Waals surface area contributed by atoms with Crippen molar-refractivity contribution in [3.8, 4) is 10.4 Å². The van der Waals surface area contributed by atoms with Crippen molar-refractivity contribution in [3.63, 3.8) is 0 Å². The molecular formula is C30H37ClN4O2S2. The first-order valence-electron chi connectivity index (χ1n) is 13.3. The van der Waals surface area contributed by atoms with E-state index in [4.69, 9.17) is 16.6 Å². The van der Waals surface area contributed by atoms with Crippen LogP contribution in [0.3, 0.4) is 0 Å². The lowest BCUT2D eigenvalue weighted by Gasteiger charge is -2.35. The van der Waals surface area contributed by atoms with Crippen LogP contribution in [0.15, 0.2) is 82.3 Å². The summed E-state index contributed by atoms with van der Waals surface area (Å²) in [4.78, 5) is 12.3. The highest BCUT2D eigenvalue weighted by Crippen LogP contribution is 2.32. The van der Waals surface area contributed by atoms with Gasteiger partial charge in [0.05, 0.1) is 26.2 Å². The van der Waals surface area contributed by atoms with Crippen LogP contribution >= 0.6 is 22.9 Å². The Morgan fingerprint density at radius 3 is 2.49 bits per heavy atom. The van der Waals surface area contributed by atoms with Gasteiger partial charge in [0, 0.05) is 56.6 Å². The predicted molar refractivity (Wildman–Crippen MR) is 165 cm³/mol. The molecule has 0 saturated carbocycles. The van der Waals surface area contributed by atoms with Crippen LogP contribution < -0.4 is 5.32 Å². The number of allylic oxidation sites excluding steroid dienone is 1. The minimum Gasteiger partial charge on any atom is -0.390 e. The van der Waals surface area contributed by atoms with Gasteiger partial charge in [0.1, 0.15) is 0 Å². The summed E-state index contributed by atoms with van der Waals surface area (Å²) in [6.45, 7) is 8.51. The molecule has 208 valence electrons. The maximum atomic E-state index is 12.1. The van der Waals surface area contributed by atoms with Crippen LogP contribution in [0, 0.1) is 0 Å². The topological polar surface area (TPSA) is 65.0 Å². The first kappa shape index (κ1) is 29.5. The molecular weight excluding hydrogens is 548 g/mol. The molecule has 2 aromatic carbocycles. The number of piperazine rings is 1. The number of nitrogens with one attached hydrogen (secondary N) is 1. The summed E-state index contributed by atoms with van der Waals surface area (Å²) in [5.74, 6) is 0. The minimum atomic E-state index is -3.29. The SMILES string of the molecule is CCCCN1CCN(CC(=CC(=Nc2ccccc2Cl)c2ccc(-c3cccc(S(C)(=O)=O)c3)s2)NC)CC1. The molecule has 1 saturated heterocycles. The smallest absolute Gasteiger partial charge is 0.175 e. The van der Waals surface area contributed by atoms with Crippen LogP contribution in [0.2, 0.25) is 5.02 Å². The minimum absolute atomic E-state index is 0.312. The summed E-state index contributed by atoms with van der Waals surface area (Å²) >= 11 is 8.07. The van der Waals surface area contributed by atoms with Crippen LogP contribution in [-0.4, -0.2) is 76.5 Å². The predicted octanol–water partition coefficient (Wildman–Crippen LogP) is 6.11. The molecule has 0 amide bonds. The number of para-hydroxylation sites is 1. The van der Waals surface area contributed by atoms with Crippen molar-refractivity contribution in [2.75, 3.05) is 52.6 Å². The Morgan fingerprint density at radius 2 is 1.79 bits per heavy atom. The fourth-order valence-electron chi connectivity index (χ4n) is 4.50. The van der Waals surface area contributed by atoms with E-state index in [1.165, 1.54) is 25.6 Å². The molecule has 9 heteroatoms. The molecule has 1 N–H and O–H groups in total. The molecule has 2 heterocycles. The van der Waals surface area contributed by atoms with Gasteiger partial charge in [0.25, 0.3) is 0 Å². The van der Waals surface area contributed by atoms with E-state index in [0.717, 1.165) is 59.5 Å². The van der Waals surface area contributed by atoms with Crippen molar-refractivity contribution in [1.29, 1.82) is 0 Å². The maximum absolute atomic E-state index is 12.1. The molecule has 0 atom stereocenters. The van der Waals surface area contributed by atoms with E-state index in [2.05, 4.69) is 28.1 Å². The quantitative estimate of drug-likeness (QED) is 0.275. The Hall–Kier alpha value is -2.49. The molecule has 0 spiro atoms. The molecule has 0 bridgehead atoms. The zero-order valence-electron chi connectivity index (χ0n) is 22.9. The molecule has 1 fully saturated rings. The largest absolute Gasteiger partial charge is 0.390 e. The molecule has 4 rings (SSSR count). The molecule has 6 nitrogen and oxygen atoms in total. The van der Waals surface area contributed by atoms with E-state index < -0.39 is 9.84 Å². The third-order valence-corrected chi connectivity index (χ3v) is 9.40. The van der Waals surface area contributed by atoms with Gasteiger partial charge in [-0.1, -0.05) is 49.2 Å². The number of benzene rings is 2. The van der Waals surface area contributed by atoms with Crippen molar-refractivity contribution in [2.24, 2.45) is 4.99 Å². The fraction of sp³-hybridized carbons (Fsp3) is 0.367. The molecule has 1 aliphatic heterocycles. The van der Waals surface area contributed by atoms with Gasteiger partial charge < -0.3 is 10.2 Å². The number of rotatable bonds is 11. The van der Waals surface area contributed by atoms with Gasteiger partial charge in [-0.05, 0) is 61.0 Å². The second-order valence-corrected chi connectivity index (χ2v) is 13.3. The van der Waals surface area contributed by atoms with Crippen molar-refractivity contribution in [3.05, 3.63) is 82.3 Å². The average Bonchev–Trinajstić information content (AvgIpc) is 3.43. The Balaban J connectivity index is 1.62. The number of unbranched alkanes of at least 4 members (excludes halogenated alkanes) is 1. The second kappa shape index (κ2) is 13.7. The Bertz CT molecular complexity index is 1420. The van der Waals surface area contributed by atoms with Crippen molar-refractivity contribution < 1.29 is 8.42 Å². The highest BCUT2D eigenvalue weighted by atomic mass is 35.5. The average molecular weight is 585 g/mol. The summed E-state index contributed by atoms with van der Waals surface area (Å²) in [5.41, 5.74) is 3.46. The van der Waals surface area contributed by atoms with Gasteiger partial charge >= 0.3 is 0 Å². The lowest BCUT2D eigenvalue weighted by Crippen LogP contribution is -2.47. The van der Waals surface area contributed by atoms with E-state index >= 15 is 0 Å². The number of aliphatic imine (C=N–C) groups is 1. The fourth-order valence-corrected chi connectivity index (χ4v) is 6.30. The highest BCUT2D eigenvalue weighted by Gasteiger charge is 2.18. The molecule has 1 aromatic heterocycles. The lowest BCUT2D eigenvalue weighted by atomic mass is 10.2. The zero-order valence-corrected chi connectivity index (χ0v) is 25.2. The normalized spacial score (nSPS) is 16.0. The van der Waals surface area contributed by atoms with Gasteiger partial charge in [-0.2, -0.15) is 0 Å². The van der Waals surface area contributed by atoms with Crippen LogP contribution in [-0.2, 0) is 9.84 Å². The Kier molecular flexibility index (Phi) is 10.4. The summed E-state index contributed by atoms with van der Waals surface area (Å²) in [5, 5.41) is 3.98. The third-order valence-electron chi connectivity index (χ3n) is 6.82. The van der Waals surface area contributed by atoms with Crippen LogP contribution in [0.25, 0.3) is 10.4 Å². The van der Waals surface area contributed by atoms with Gasteiger partial charge in [0.2, 0.25) is 0 Å². The van der Waals surface area contributed by atoms with Crippen molar-refractivity contribution in [1.82, 2.24) is 15.1 Å². The number of likely N-dealkylation sites (N-methyl/N-ethyl adjacent to an activating group) is 1. The zero-order chi connectivity index (χ0) is 27.8. The van der Waals surface area contributed by atoms with E-state index in [9.17, 15) is 8.42 Å². The lowest BCUT2D eigenvalue weighted by molar-refractivity contribution is 0.138. The number of hydrogen-bond donors (Lipinski definition) is 1. The molecule has 0 aliphatic carbocycles. The molecule has 3 aromatic rings. The number of halogens is 1. The monoisotopic (exact) mass is 584 g/mol. The van der Waals surface area contributed by atoms with E-state index in [0.29, 0.717) is 15.6 Å². The summed E-state index contributed by atoms with van der Waals surface area (Å²) in [6.07, 6.45) is 5.82. The molecule has 0 radical (unpaired) electrons. The van der Waals surface area contributed by atoms with Crippen LogP contribution in [0.5, 0.6) is 0 Å². The highest BCUT2D eigenvalue weighted by molar-refractivity contribution is 7.90. The standard InChI is InChI=1S/C30H37ClN4O2S2/c1-4-5-15-34-16-18-35(19-17-34)22-24(32-2)21-28(33-27-12-7-6-11-26(27)31)30-14-13-29(38-30)23-9-8-10-25(20-23)39(3,36)37/h6-14,20-21,32H,4-5,15-19,22H2,1-3H3. The number of nitrogens with zero attached hydrogens (tertiary/aromatic N) is 3. The summed E-state index contributed by atoms with van der Waals surface area (Å²) < 4.78 is 24.2. The van der Waals surface area contributed by atoms with Crippen molar-refractivity contribution >= 4 is 44.2 Å². The summed E-state index contributed by atoms with van der Waals surface area (Å²) in [7, 11) is -1.34. The van der Waals surface area contributed by atoms with Gasteiger partial charge in [-0.25, -0.2) is 13.4 Å². The van der Waals surface area contributed by atoms with Gasteiger partial charge in [0.15, 0.2) is 9.84 Å². The number of thiophene rings is 1. The summed E-state index contributed by atoms with van der Waals surface area (Å²) in [6, 6.07) is 18.7. The van der Waals surface area contributed by atoms with Crippen LogP contribution in [0.4, 0.5) is 5.69 Å². The van der Waals surface area contributed by atoms with Crippen LogP contribution in [0.1, 0.15) is 24.6 Å². The first-order chi connectivity index (χ1) is 18.8. The maximum Gasteiger partial charge on any atom is 0.175 e. The number of sulfone groups is 1. The van der Waals surface area contributed by atoms with E-state index in [1.807, 2.05) is 49.5 Å². The number of hydrogen-bond acceptors (Lipinski definition) is 7. The first-order valence-corrected chi connectivity index (χ1v) is 16.4. The van der Waals surface area contributed by atoms with Gasteiger partial charge in [-0.15, -0.1) is 11.3 Å². The molecule has 39 heavy (non-hydrogen) atoms. The van der Waals surface area contributed by atoms with E-state index in [1.54, 1.807) is 29.5 Å². The Labute approximate surface area is 241 Å².